The van der Waals surface area contributed by atoms with Crippen LogP contribution in [-0.2, 0) is 22.7 Å². The molecule has 1 unspecified atom stereocenters. The van der Waals surface area contributed by atoms with Gasteiger partial charge < -0.3 is 19.9 Å². The Morgan fingerprint density at radius 3 is 2.59 bits per heavy atom. The van der Waals surface area contributed by atoms with Crippen molar-refractivity contribution in [1.29, 1.82) is 0 Å². The fourth-order valence-corrected chi connectivity index (χ4v) is 2.85. The molecule has 2 N–H and O–H groups in total. The molecule has 2 aromatic carbocycles. The molecule has 1 aromatic heterocycles. The third kappa shape index (κ3) is 5.19. The standard InChI is InChI=1S/C21H22N4O4/c1-14(22-21(28)29-13-15-8-4-3-5-9-15)20(27)25(2)12-18-23-17-11-7-6-10-16(17)19(26)24-18/h3-11,14H,12-13H2,1-2H3,(H,22,28)(H,23,24,26). The summed E-state index contributed by atoms with van der Waals surface area (Å²) in [5.74, 6) is 0.0286. The van der Waals surface area contributed by atoms with Gasteiger partial charge in [0.25, 0.3) is 5.56 Å². The first-order valence-electron chi connectivity index (χ1n) is 9.14. The number of amides is 2. The van der Waals surface area contributed by atoms with Crippen LogP contribution in [0.15, 0.2) is 59.4 Å². The van der Waals surface area contributed by atoms with Crippen molar-refractivity contribution in [3.63, 3.8) is 0 Å². The van der Waals surface area contributed by atoms with E-state index in [9.17, 15) is 14.4 Å². The van der Waals surface area contributed by atoms with E-state index in [2.05, 4.69) is 15.3 Å². The van der Waals surface area contributed by atoms with Gasteiger partial charge in [0.2, 0.25) is 5.91 Å². The Hall–Kier alpha value is -3.68. The van der Waals surface area contributed by atoms with Crippen molar-refractivity contribution in [3.8, 4) is 0 Å². The molecular formula is C21H22N4O4. The van der Waals surface area contributed by atoms with Crippen LogP contribution in [0.4, 0.5) is 4.79 Å². The third-order valence-corrected chi connectivity index (χ3v) is 4.34. The third-order valence-electron chi connectivity index (χ3n) is 4.34. The van der Waals surface area contributed by atoms with E-state index in [0.29, 0.717) is 16.7 Å². The fraction of sp³-hybridized carbons (Fsp3) is 0.238. The zero-order valence-electron chi connectivity index (χ0n) is 16.2. The summed E-state index contributed by atoms with van der Waals surface area (Å²) < 4.78 is 5.13. The van der Waals surface area contributed by atoms with E-state index in [1.165, 1.54) is 4.90 Å². The van der Waals surface area contributed by atoms with Crippen molar-refractivity contribution in [2.24, 2.45) is 0 Å². The molecule has 0 fully saturated rings. The molecule has 0 aliphatic heterocycles. The molecule has 2 amide bonds. The van der Waals surface area contributed by atoms with Crippen LogP contribution in [0, 0.1) is 0 Å². The maximum atomic E-state index is 12.5. The number of nitrogens with zero attached hydrogens (tertiary/aromatic N) is 2. The molecule has 1 heterocycles. The summed E-state index contributed by atoms with van der Waals surface area (Å²) in [6.07, 6.45) is -0.680. The van der Waals surface area contributed by atoms with Crippen LogP contribution in [0.1, 0.15) is 18.3 Å². The number of aromatic nitrogens is 2. The van der Waals surface area contributed by atoms with Crippen LogP contribution >= 0.6 is 0 Å². The quantitative estimate of drug-likeness (QED) is 0.667. The summed E-state index contributed by atoms with van der Waals surface area (Å²) in [6.45, 7) is 1.79. The van der Waals surface area contributed by atoms with Gasteiger partial charge in [-0.1, -0.05) is 42.5 Å². The summed E-state index contributed by atoms with van der Waals surface area (Å²) >= 11 is 0. The number of ether oxygens (including phenoxy) is 1. The summed E-state index contributed by atoms with van der Waals surface area (Å²) in [7, 11) is 1.57. The van der Waals surface area contributed by atoms with E-state index in [1.54, 1.807) is 38.2 Å². The molecule has 8 heteroatoms. The molecule has 3 aromatic rings. The van der Waals surface area contributed by atoms with Gasteiger partial charge in [0.1, 0.15) is 18.5 Å². The molecule has 1 atom stereocenters. The lowest BCUT2D eigenvalue weighted by atomic mass is 10.2. The Kier molecular flexibility index (Phi) is 6.23. The number of H-pyrrole nitrogens is 1. The molecule has 0 radical (unpaired) electrons. The Morgan fingerprint density at radius 1 is 1.14 bits per heavy atom. The van der Waals surface area contributed by atoms with E-state index in [4.69, 9.17) is 4.74 Å². The second kappa shape index (κ2) is 9.01. The van der Waals surface area contributed by atoms with Crippen LogP contribution < -0.4 is 10.9 Å². The lowest BCUT2D eigenvalue weighted by molar-refractivity contribution is -0.132. The van der Waals surface area contributed by atoms with Gasteiger partial charge in [-0.25, -0.2) is 9.78 Å². The lowest BCUT2D eigenvalue weighted by Crippen LogP contribution is -2.45. The smallest absolute Gasteiger partial charge is 0.408 e. The summed E-state index contributed by atoms with van der Waals surface area (Å²) in [5.41, 5.74) is 1.15. The first-order valence-corrected chi connectivity index (χ1v) is 9.14. The highest BCUT2D eigenvalue weighted by Crippen LogP contribution is 2.07. The first-order chi connectivity index (χ1) is 13.9. The van der Waals surface area contributed by atoms with Crippen LogP contribution in [0.5, 0.6) is 0 Å². The number of nitrogens with one attached hydrogen (secondary N) is 2. The number of carbonyl (C=O) groups excluding carboxylic acids is 2. The maximum absolute atomic E-state index is 12.5. The minimum absolute atomic E-state index is 0.101. The fourth-order valence-electron chi connectivity index (χ4n) is 2.85. The number of alkyl carbamates (subject to hydrolysis) is 1. The van der Waals surface area contributed by atoms with Crippen LogP contribution in [0.3, 0.4) is 0 Å². The van der Waals surface area contributed by atoms with E-state index in [1.807, 2.05) is 30.3 Å². The number of fused-ring (bicyclic) bond motifs is 1. The molecule has 150 valence electrons. The second-order valence-electron chi connectivity index (χ2n) is 6.65. The first kappa shape index (κ1) is 20.1. The molecule has 0 saturated carbocycles. The molecule has 0 bridgehead atoms. The predicted molar refractivity (Wildman–Crippen MR) is 108 cm³/mol. The van der Waals surface area contributed by atoms with Gasteiger partial charge in [0, 0.05) is 7.05 Å². The van der Waals surface area contributed by atoms with E-state index in [0.717, 1.165) is 5.56 Å². The number of likely N-dealkylation sites (N-methyl/N-ethyl adjacent to an activating group) is 1. The highest BCUT2D eigenvalue weighted by Gasteiger charge is 2.21. The zero-order chi connectivity index (χ0) is 20.8. The van der Waals surface area contributed by atoms with Gasteiger partial charge in [-0.15, -0.1) is 0 Å². The predicted octanol–water partition coefficient (Wildman–Crippen LogP) is 2.20. The minimum atomic E-state index is -0.796. The number of hydrogen-bond donors (Lipinski definition) is 2. The molecule has 0 aliphatic carbocycles. The van der Waals surface area contributed by atoms with Gasteiger partial charge in [-0.2, -0.15) is 0 Å². The number of aromatic amines is 1. The monoisotopic (exact) mass is 394 g/mol. The minimum Gasteiger partial charge on any atom is -0.445 e. The van der Waals surface area contributed by atoms with Gasteiger partial charge in [-0.3, -0.25) is 9.59 Å². The Balaban J connectivity index is 1.56. The van der Waals surface area contributed by atoms with Crippen molar-refractivity contribution in [1.82, 2.24) is 20.2 Å². The molecule has 3 rings (SSSR count). The SMILES string of the molecule is CC(NC(=O)OCc1ccccc1)C(=O)N(C)Cc1nc2ccccc2c(=O)[nH]1. The van der Waals surface area contributed by atoms with E-state index in [-0.39, 0.29) is 24.6 Å². The number of carbonyl (C=O) groups is 2. The molecule has 0 aliphatic rings. The Labute approximate surface area is 167 Å². The van der Waals surface area contributed by atoms with E-state index >= 15 is 0 Å². The average Bonchev–Trinajstić information content (AvgIpc) is 2.72. The Morgan fingerprint density at radius 2 is 1.83 bits per heavy atom. The lowest BCUT2D eigenvalue weighted by Gasteiger charge is -2.21. The van der Waals surface area contributed by atoms with Gasteiger partial charge >= 0.3 is 6.09 Å². The van der Waals surface area contributed by atoms with Crippen molar-refractivity contribution >= 4 is 22.9 Å². The zero-order valence-corrected chi connectivity index (χ0v) is 16.2. The van der Waals surface area contributed by atoms with Gasteiger partial charge in [0.15, 0.2) is 0 Å². The normalized spacial score (nSPS) is 11.7. The molecule has 8 nitrogen and oxygen atoms in total. The number of para-hydroxylation sites is 1. The van der Waals surface area contributed by atoms with E-state index < -0.39 is 12.1 Å². The maximum Gasteiger partial charge on any atom is 0.408 e. The Bertz CT molecular complexity index is 1060. The molecule has 0 saturated heterocycles. The molecular weight excluding hydrogens is 372 g/mol. The van der Waals surface area contributed by atoms with Crippen molar-refractivity contribution in [3.05, 3.63) is 76.3 Å². The number of hydrogen-bond acceptors (Lipinski definition) is 5. The number of rotatable bonds is 6. The summed E-state index contributed by atoms with van der Waals surface area (Å²) in [4.78, 5) is 45.1. The topological polar surface area (TPSA) is 104 Å². The van der Waals surface area contributed by atoms with Gasteiger partial charge in [-0.05, 0) is 24.6 Å². The van der Waals surface area contributed by atoms with Gasteiger partial charge in [0.05, 0.1) is 17.4 Å². The highest BCUT2D eigenvalue weighted by molar-refractivity contribution is 5.85. The molecule has 29 heavy (non-hydrogen) atoms. The molecule has 0 spiro atoms. The van der Waals surface area contributed by atoms with Crippen LogP contribution in [0.25, 0.3) is 10.9 Å². The average molecular weight is 394 g/mol. The van der Waals surface area contributed by atoms with Crippen molar-refractivity contribution in [2.45, 2.75) is 26.1 Å². The summed E-state index contributed by atoms with van der Waals surface area (Å²) in [6, 6.07) is 15.4. The van der Waals surface area contributed by atoms with Crippen LogP contribution in [-0.4, -0.2) is 40.0 Å². The van der Waals surface area contributed by atoms with Crippen molar-refractivity contribution in [2.75, 3.05) is 7.05 Å². The van der Waals surface area contributed by atoms with Crippen molar-refractivity contribution < 1.29 is 14.3 Å². The summed E-state index contributed by atoms with van der Waals surface area (Å²) in [5, 5.41) is 3.00. The number of benzene rings is 2. The highest BCUT2D eigenvalue weighted by atomic mass is 16.5. The second-order valence-corrected chi connectivity index (χ2v) is 6.65. The van der Waals surface area contributed by atoms with Crippen LogP contribution in [0.2, 0.25) is 0 Å². The largest absolute Gasteiger partial charge is 0.445 e.